The van der Waals surface area contributed by atoms with Crippen molar-refractivity contribution in [3.63, 3.8) is 0 Å². The van der Waals surface area contributed by atoms with Crippen LogP contribution in [0.4, 0.5) is 0 Å². The van der Waals surface area contributed by atoms with E-state index in [2.05, 4.69) is 15.8 Å². The average molecular weight is 475 g/mol. The maximum absolute atomic E-state index is 13.1. The van der Waals surface area contributed by atoms with Crippen LogP contribution < -0.4 is 25.1 Å². The molecule has 2 fully saturated rings. The molecule has 2 heterocycles. The highest BCUT2D eigenvalue weighted by molar-refractivity contribution is 6.31. The number of nitrogens with one attached hydrogen (secondary N) is 2. The van der Waals surface area contributed by atoms with Gasteiger partial charge in [0.15, 0.2) is 11.5 Å². The summed E-state index contributed by atoms with van der Waals surface area (Å²) in [5.41, 5.74) is 8.43. The van der Waals surface area contributed by atoms with Gasteiger partial charge in [0.25, 0.3) is 0 Å². The number of benzene rings is 2. The number of rotatable bonds is 7. The summed E-state index contributed by atoms with van der Waals surface area (Å²) in [5, 5.41) is 0.712. The Kier molecular flexibility index (Phi) is 7.60. The standard InChI is InChI=1S/C24H31ClN4O4/c1-31-21-9-8-16(22(32-2)23(21)33-3)15-28-10-12-29(13-11-28)24(30)20-14-19(26-27-20)17-6-4-5-7-18(17)25/h4-9,19-20,26-27H,10-15H2,1-3H3. The topological polar surface area (TPSA) is 75.3 Å². The van der Waals surface area contributed by atoms with E-state index in [4.69, 9.17) is 25.8 Å². The molecule has 2 saturated heterocycles. The molecule has 0 spiro atoms. The molecule has 2 aliphatic heterocycles. The Morgan fingerprint density at radius 3 is 2.36 bits per heavy atom. The molecule has 33 heavy (non-hydrogen) atoms. The van der Waals surface area contributed by atoms with E-state index in [1.807, 2.05) is 41.3 Å². The Bertz CT molecular complexity index is 981. The maximum atomic E-state index is 13.1. The van der Waals surface area contributed by atoms with Crippen molar-refractivity contribution in [1.82, 2.24) is 20.7 Å². The van der Waals surface area contributed by atoms with E-state index < -0.39 is 0 Å². The van der Waals surface area contributed by atoms with E-state index >= 15 is 0 Å². The zero-order valence-electron chi connectivity index (χ0n) is 19.3. The molecule has 0 bridgehead atoms. The molecule has 0 saturated carbocycles. The van der Waals surface area contributed by atoms with Crippen LogP contribution >= 0.6 is 11.6 Å². The van der Waals surface area contributed by atoms with Gasteiger partial charge in [0.2, 0.25) is 11.7 Å². The molecule has 2 N–H and O–H groups in total. The summed E-state index contributed by atoms with van der Waals surface area (Å²) in [4.78, 5) is 17.4. The molecule has 0 aromatic heterocycles. The van der Waals surface area contributed by atoms with Crippen LogP contribution in [0.25, 0.3) is 0 Å². The highest BCUT2D eigenvalue weighted by Gasteiger charge is 2.34. The Balaban J connectivity index is 1.33. The summed E-state index contributed by atoms with van der Waals surface area (Å²) in [7, 11) is 4.85. The minimum atomic E-state index is -0.260. The lowest BCUT2D eigenvalue weighted by molar-refractivity contribution is -0.135. The predicted octanol–water partition coefficient (Wildman–Crippen LogP) is 2.62. The molecule has 8 nitrogen and oxygen atoms in total. The summed E-state index contributed by atoms with van der Waals surface area (Å²) in [6.45, 7) is 3.66. The lowest BCUT2D eigenvalue weighted by atomic mass is 10.0. The highest BCUT2D eigenvalue weighted by Crippen LogP contribution is 2.40. The molecule has 2 aromatic carbocycles. The minimum absolute atomic E-state index is 0.0199. The van der Waals surface area contributed by atoms with Gasteiger partial charge in [-0.1, -0.05) is 35.9 Å². The monoisotopic (exact) mass is 474 g/mol. The predicted molar refractivity (Wildman–Crippen MR) is 127 cm³/mol. The number of nitrogens with zero attached hydrogens (tertiary/aromatic N) is 2. The number of piperazine rings is 1. The number of hydrazine groups is 1. The van der Waals surface area contributed by atoms with Crippen LogP contribution in [0.3, 0.4) is 0 Å². The first-order valence-corrected chi connectivity index (χ1v) is 11.5. The molecule has 2 aromatic rings. The van der Waals surface area contributed by atoms with E-state index in [1.54, 1.807) is 21.3 Å². The van der Waals surface area contributed by atoms with Crippen LogP contribution in [0.2, 0.25) is 5.02 Å². The van der Waals surface area contributed by atoms with E-state index in [1.165, 1.54) is 0 Å². The minimum Gasteiger partial charge on any atom is -0.493 e. The Morgan fingerprint density at radius 1 is 0.970 bits per heavy atom. The maximum Gasteiger partial charge on any atom is 0.241 e. The van der Waals surface area contributed by atoms with Crippen LogP contribution in [-0.4, -0.2) is 69.3 Å². The number of hydrogen-bond donors (Lipinski definition) is 2. The largest absolute Gasteiger partial charge is 0.493 e. The third kappa shape index (κ3) is 5.04. The lowest BCUT2D eigenvalue weighted by Crippen LogP contribution is -2.53. The second-order valence-corrected chi connectivity index (χ2v) is 8.65. The van der Waals surface area contributed by atoms with Crippen molar-refractivity contribution in [3.8, 4) is 17.2 Å². The number of carbonyl (C=O) groups is 1. The summed E-state index contributed by atoms with van der Waals surface area (Å²) in [6.07, 6.45) is 0.672. The SMILES string of the molecule is COc1ccc(CN2CCN(C(=O)C3CC(c4ccccc4Cl)NN3)CC2)c(OC)c1OC. The highest BCUT2D eigenvalue weighted by atomic mass is 35.5. The molecular weight excluding hydrogens is 444 g/mol. The van der Waals surface area contributed by atoms with Crippen molar-refractivity contribution < 1.29 is 19.0 Å². The lowest BCUT2D eigenvalue weighted by Gasteiger charge is -2.36. The van der Waals surface area contributed by atoms with Crippen LogP contribution in [0.15, 0.2) is 36.4 Å². The Hall–Kier alpha value is -2.52. The average Bonchev–Trinajstić information content (AvgIpc) is 3.34. The first-order chi connectivity index (χ1) is 16.0. The van der Waals surface area contributed by atoms with Gasteiger partial charge in [-0.05, 0) is 24.1 Å². The van der Waals surface area contributed by atoms with Gasteiger partial charge >= 0.3 is 0 Å². The van der Waals surface area contributed by atoms with Gasteiger partial charge in [-0.15, -0.1) is 0 Å². The van der Waals surface area contributed by atoms with Crippen LogP contribution in [0.1, 0.15) is 23.6 Å². The van der Waals surface area contributed by atoms with Gasteiger partial charge in [0, 0.05) is 49.4 Å². The first-order valence-electron chi connectivity index (χ1n) is 11.1. The zero-order valence-corrected chi connectivity index (χ0v) is 20.0. The third-order valence-corrected chi connectivity index (χ3v) is 6.69. The Labute approximate surface area is 199 Å². The summed E-state index contributed by atoms with van der Waals surface area (Å²) in [6, 6.07) is 11.4. The molecule has 0 radical (unpaired) electrons. The van der Waals surface area contributed by atoms with Crippen LogP contribution in [0, 0.1) is 0 Å². The van der Waals surface area contributed by atoms with Crippen molar-refractivity contribution in [2.45, 2.75) is 25.0 Å². The number of ether oxygens (including phenoxy) is 3. The van der Waals surface area contributed by atoms with Crippen molar-refractivity contribution in [2.75, 3.05) is 47.5 Å². The van der Waals surface area contributed by atoms with Crippen LogP contribution in [-0.2, 0) is 11.3 Å². The number of amides is 1. The van der Waals surface area contributed by atoms with Gasteiger partial charge < -0.3 is 19.1 Å². The molecule has 9 heteroatoms. The van der Waals surface area contributed by atoms with Gasteiger partial charge in [0.1, 0.15) is 6.04 Å². The fourth-order valence-electron chi connectivity index (χ4n) is 4.56. The number of carbonyl (C=O) groups excluding carboxylic acids is 1. The van der Waals surface area contributed by atoms with Crippen molar-refractivity contribution >= 4 is 17.5 Å². The molecule has 2 unspecified atom stereocenters. The summed E-state index contributed by atoms with van der Waals surface area (Å²) < 4.78 is 16.5. The molecule has 2 atom stereocenters. The fourth-order valence-corrected chi connectivity index (χ4v) is 4.82. The molecule has 0 aliphatic carbocycles. The second kappa shape index (κ2) is 10.6. The van der Waals surface area contributed by atoms with Gasteiger partial charge in [-0.3, -0.25) is 9.69 Å². The molecular formula is C24H31ClN4O4. The van der Waals surface area contributed by atoms with E-state index in [0.29, 0.717) is 48.3 Å². The number of methoxy groups -OCH3 is 3. The smallest absolute Gasteiger partial charge is 0.241 e. The normalized spacial score (nSPS) is 21.2. The molecule has 4 rings (SSSR count). The molecule has 1 amide bonds. The summed E-state index contributed by atoms with van der Waals surface area (Å²) >= 11 is 6.33. The van der Waals surface area contributed by atoms with E-state index in [9.17, 15) is 4.79 Å². The number of hydrogen-bond acceptors (Lipinski definition) is 7. The second-order valence-electron chi connectivity index (χ2n) is 8.25. The van der Waals surface area contributed by atoms with Gasteiger partial charge in [-0.2, -0.15) is 0 Å². The van der Waals surface area contributed by atoms with E-state index in [-0.39, 0.29) is 18.0 Å². The zero-order chi connectivity index (χ0) is 23.4. The van der Waals surface area contributed by atoms with E-state index in [0.717, 1.165) is 24.2 Å². The molecule has 2 aliphatic rings. The van der Waals surface area contributed by atoms with Crippen molar-refractivity contribution in [1.29, 1.82) is 0 Å². The number of halogens is 1. The fraction of sp³-hybridized carbons (Fsp3) is 0.458. The summed E-state index contributed by atoms with van der Waals surface area (Å²) in [5.74, 6) is 2.04. The third-order valence-electron chi connectivity index (χ3n) is 6.35. The van der Waals surface area contributed by atoms with Crippen molar-refractivity contribution in [3.05, 3.63) is 52.5 Å². The Morgan fingerprint density at radius 2 is 1.70 bits per heavy atom. The van der Waals surface area contributed by atoms with Crippen LogP contribution in [0.5, 0.6) is 17.2 Å². The van der Waals surface area contributed by atoms with Crippen molar-refractivity contribution in [2.24, 2.45) is 0 Å². The first kappa shape index (κ1) is 23.6. The van der Waals surface area contributed by atoms with Gasteiger partial charge in [-0.25, -0.2) is 10.9 Å². The quantitative estimate of drug-likeness (QED) is 0.639. The molecule has 178 valence electrons. The van der Waals surface area contributed by atoms with Gasteiger partial charge in [0.05, 0.1) is 21.3 Å².